The summed E-state index contributed by atoms with van der Waals surface area (Å²) in [5.41, 5.74) is 1.22. The minimum Gasteiger partial charge on any atom is -0.350 e. The van der Waals surface area contributed by atoms with Gasteiger partial charge in [0.1, 0.15) is 5.01 Å². The number of nitrogens with zero attached hydrogens (tertiary/aromatic N) is 1. The van der Waals surface area contributed by atoms with Crippen molar-refractivity contribution < 1.29 is 4.79 Å². The second-order valence-electron chi connectivity index (χ2n) is 5.15. The summed E-state index contributed by atoms with van der Waals surface area (Å²) in [5, 5.41) is 9.53. The molecule has 0 radical (unpaired) electrons. The second kappa shape index (κ2) is 9.20. The average molecular weight is 370 g/mol. The Labute approximate surface area is 146 Å². The van der Waals surface area contributed by atoms with E-state index in [2.05, 4.69) is 21.0 Å². The first-order valence-corrected chi connectivity index (χ1v) is 8.87. The van der Waals surface area contributed by atoms with E-state index in [0.717, 1.165) is 23.1 Å². The number of aromatic nitrogens is 1. The molecule has 2 heterocycles. The number of halogens is 2. The Morgan fingerprint density at radius 2 is 2.24 bits per heavy atom. The van der Waals surface area contributed by atoms with Crippen LogP contribution in [0, 0.1) is 0 Å². The van der Waals surface area contributed by atoms with Crippen LogP contribution in [0.2, 0.25) is 0 Å². The predicted octanol–water partition coefficient (Wildman–Crippen LogP) is 2.58. The highest BCUT2D eigenvalue weighted by molar-refractivity contribution is 7.99. The van der Waals surface area contributed by atoms with E-state index in [1.54, 1.807) is 11.3 Å². The summed E-state index contributed by atoms with van der Waals surface area (Å²) in [6.45, 7) is 1.59. The van der Waals surface area contributed by atoms with Crippen molar-refractivity contribution in [2.75, 3.05) is 18.1 Å². The van der Waals surface area contributed by atoms with Crippen LogP contribution in [0.25, 0.3) is 0 Å². The lowest BCUT2D eigenvalue weighted by molar-refractivity contribution is -0.121. The van der Waals surface area contributed by atoms with Crippen molar-refractivity contribution in [3.05, 3.63) is 16.1 Å². The zero-order valence-electron chi connectivity index (χ0n) is 11.7. The van der Waals surface area contributed by atoms with Crippen molar-refractivity contribution in [2.24, 2.45) is 0 Å². The van der Waals surface area contributed by atoms with Crippen LogP contribution in [-0.2, 0) is 11.3 Å². The summed E-state index contributed by atoms with van der Waals surface area (Å²) in [4.78, 5) is 16.4. The van der Waals surface area contributed by atoms with Gasteiger partial charge in [-0.25, -0.2) is 4.98 Å². The molecule has 1 aliphatic heterocycles. The molecule has 1 aromatic heterocycles. The molecule has 1 saturated heterocycles. The van der Waals surface area contributed by atoms with Gasteiger partial charge < -0.3 is 10.6 Å². The standard InChI is InChI=1S/C13H19N3OS2.2ClH/c17-12(5-10-7-18-4-3-14-10)15-6-13-16-11(8-19-13)9-1-2-9;;/h8-10,14H,1-7H2,(H,15,17);2*1H. The molecule has 2 aliphatic rings. The first-order valence-electron chi connectivity index (χ1n) is 6.83. The molecule has 3 rings (SSSR count). The highest BCUT2D eigenvalue weighted by atomic mass is 35.5. The number of amides is 1. The predicted molar refractivity (Wildman–Crippen MR) is 94.2 cm³/mol. The van der Waals surface area contributed by atoms with E-state index in [1.807, 2.05) is 11.8 Å². The molecule has 1 unspecified atom stereocenters. The molecule has 0 bridgehead atoms. The molecular formula is C13H21Cl2N3OS2. The minimum absolute atomic E-state index is 0. The smallest absolute Gasteiger partial charge is 0.221 e. The topological polar surface area (TPSA) is 54.0 Å². The van der Waals surface area contributed by atoms with Gasteiger partial charge in [-0.15, -0.1) is 36.2 Å². The Morgan fingerprint density at radius 1 is 1.43 bits per heavy atom. The van der Waals surface area contributed by atoms with Gasteiger partial charge in [0.2, 0.25) is 5.91 Å². The van der Waals surface area contributed by atoms with Gasteiger partial charge in [0.25, 0.3) is 0 Å². The van der Waals surface area contributed by atoms with Gasteiger partial charge in [-0.05, 0) is 12.8 Å². The summed E-state index contributed by atoms with van der Waals surface area (Å²) in [5.74, 6) is 3.02. The number of nitrogens with one attached hydrogen (secondary N) is 2. The minimum atomic E-state index is 0. The first-order chi connectivity index (χ1) is 9.31. The van der Waals surface area contributed by atoms with Gasteiger partial charge in [0, 0.05) is 41.8 Å². The molecule has 8 heteroatoms. The Bertz CT molecular complexity index is 448. The zero-order chi connectivity index (χ0) is 13.1. The van der Waals surface area contributed by atoms with Crippen molar-refractivity contribution in [3.63, 3.8) is 0 Å². The van der Waals surface area contributed by atoms with Gasteiger partial charge in [0.05, 0.1) is 12.2 Å². The first kappa shape index (κ1) is 19.0. The lowest BCUT2D eigenvalue weighted by atomic mass is 10.2. The van der Waals surface area contributed by atoms with Gasteiger partial charge in [-0.1, -0.05) is 0 Å². The highest BCUT2D eigenvalue weighted by Crippen LogP contribution is 2.40. The second-order valence-corrected chi connectivity index (χ2v) is 7.24. The number of hydrogen-bond acceptors (Lipinski definition) is 5. The Balaban J connectivity index is 0.00000110. The normalized spacial score (nSPS) is 21.0. The molecule has 120 valence electrons. The zero-order valence-corrected chi connectivity index (χ0v) is 14.9. The van der Waals surface area contributed by atoms with Crippen LogP contribution in [0.4, 0.5) is 0 Å². The average Bonchev–Trinajstić information content (AvgIpc) is 3.17. The van der Waals surface area contributed by atoms with Crippen LogP contribution < -0.4 is 10.6 Å². The Hall–Kier alpha value is -0.0100. The third kappa shape index (κ3) is 5.94. The maximum atomic E-state index is 11.9. The van der Waals surface area contributed by atoms with E-state index in [4.69, 9.17) is 0 Å². The molecule has 1 amide bonds. The summed E-state index contributed by atoms with van der Waals surface area (Å²) >= 11 is 3.58. The summed E-state index contributed by atoms with van der Waals surface area (Å²) in [6.07, 6.45) is 3.13. The van der Waals surface area contributed by atoms with Crippen molar-refractivity contribution in [1.82, 2.24) is 15.6 Å². The molecule has 1 atom stereocenters. The molecule has 0 aromatic carbocycles. The van der Waals surface area contributed by atoms with E-state index in [0.29, 0.717) is 24.9 Å². The fraction of sp³-hybridized carbons (Fsp3) is 0.692. The Kier molecular flexibility index (Phi) is 8.34. The molecule has 2 fully saturated rings. The van der Waals surface area contributed by atoms with Crippen LogP contribution >= 0.6 is 47.9 Å². The van der Waals surface area contributed by atoms with Crippen molar-refractivity contribution >= 4 is 53.8 Å². The highest BCUT2D eigenvalue weighted by Gasteiger charge is 2.26. The lowest BCUT2D eigenvalue weighted by Crippen LogP contribution is -2.41. The molecule has 21 heavy (non-hydrogen) atoms. The van der Waals surface area contributed by atoms with Crippen LogP contribution in [0.5, 0.6) is 0 Å². The summed E-state index contributed by atoms with van der Waals surface area (Å²) < 4.78 is 0. The quantitative estimate of drug-likeness (QED) is 0.837. The fourth-order valence-corrected chi connectivity index (χ4v) is 3.96. The summed E-state index contributed by atoms with van der Waals surface area (Å²) in [7, 11) is 0. The fourth-order valence-electron chi connectivity index (χ4n) is 2.19. The largest absolute Gasteiger partial charge is 0.350 e. The molecule has 1 aromatic rings. The number of carbonyl (C=O) groups excluding carboxylic acids is 1. The molecule has 1 saturated carbocycles. The van der Waals surface area contributed by atoms with Crippen molar-refractivity contribution in [3.8, 4) is 0 Å². The maximum absolute atomic E-state index is 11.9. The van der Waals surface area contributed by atoms with E-state index in [-0.39, 0.29) is 30.7 Å². The lowest BCUT2D eigenvalue weighted by Gasteiger charge is -2.22. The molecule has 0 spiro atoms. The number of thiazole rings is 1. The SMILES string of the molecule is Cl.Cl.O=C(CC1CSCCN1)NCc1nc(C2CC2)cs1. The van der Waals surface area contributed by atoms with E-state index < -0.39 is 0 Å². The number of hydrogen-bond donors (Lipinski definition) is 2. The van der Waals surface area contributed by atoms with E-state index in [9.17, 15) is 4.79 Å². The van der Waals surface area contributed by atoms with Crippen molar-refractivity contribution in [1.29, 1.82) is 0 Å². The monoisotopic (exact) mass is 369 g/mol. The molecule has 4 nitrogen and oxygen atoms in total. The van der Waals surface area contributed by atoms with Gasteiger partial charge in [-0.3, -0.25) is 4.79 Å². The van der Waals surface area contributed by atoms with Gasteiger partial charge in [-0.2, -0.15) is 11.8 Å². The number of thioether (sulfide) groups is 1. The number of rotatable bonds is 5. The van der Waals surface area contributed by atoms with Crippen LogP contribution in [-0.4, -0.2) is 35.0 Å². The third-order valence-corrected chi connectivity index (χ3v) is 5.43. The van der Waals surface area contributed by atoms with Crippen LogP contribution in [0.15, 0.2) is 5.38 Å². The summed E-state index contributed by atoms with van der Waals surface area (Å²) in [6, 6.07) is 0.331. The van der Waals surface area contributed by atoms with Crippen LogP contribution in [0.1, 0.15) is 35.9 Å². The van der Waals surface area contributed by atoms with E-state index >= 15 is 0 Å². The van der Waals surface area contributed by atoms with E-state index in [1.165, 1.54) is 18.5 Å². The van der Waals surface area contributed by atoms with Crippen LogP contribution in [0.3, 0.4) is 0 Å². The third-order valence-electron chi connectivity index (χ3n) is 3.43. The van der Waals surface area contributed by atoms with Gasteiger partial charge in [0.15, 0.2) is 0 Å². The molecule has 1 aliphatic carbocycles. The van der Waals surface area contributed by atoms with Crippen molar-refractivity contribution in [2.45, 2.75) is 37.8 Å². The van der Waals surface area contributed by atoms with Gasteiger partial charge >= 0.3 is 0 Å². The number of carbonyl (C=O) groups is 1. The Morgan fingerprint density at radius 3 is 2.90 bits per heavy atom. The molecule has 2 N–H and O–H groups in total. The maximum Gasteiger partial charge on any atom is 0.221 e. The molecular weight excluding hydrogens is 349 g/mol.